The van der Waals surface area contributed by atoms with E-state index in [4.69, 9.17) is 0 Å². The Balaban J connectivity index is 1.52. The van der Waals surface area contributed by atoms with Crippen LogP contribution < -0.4 is 10.0 Å². The van der Waals surface area contributed by atoms with Gasteiger partial charge in [-0.15, -0.1) is 11.3 Å². The second-order valence-corrected chi connectivity index (χ2v) is 10.2. The van der Waals surface area contributed by atoms with Crippen molar-refractivity contribution in [2.24, 2.45) is 4.99 Å². The summed E-state index contributed by atoms with van der Waals surface area (Å²) in [5.41, 5.74) is 2.85. The second-order valence-electron chi connectivity index (χ2n) is 7.47. The first-order valence-electron chi connectivity index (χ1n) is 10.00. The largest absolute Gasteiger partial charge is 0.343 e. The second kappa shape index (κ2) is 8.68. The first-order chi connectivity index (χ1) is 14.8. The van der Waals surface area contributed by atoms with E-state index in [0.29, 0.717) is 36.6 Å². The molecule has 9 heteroatoms. The molecule has 0 bridgehead atoms. The van der Waals surface area contributed by atoms with Gasteiger partial charge in [0, 0.05) is 34.9 Å². The van der Waals surface area contributed by atoms with Crippen molar-refractivity contribution in [1.29, 1.82) is 0 Å². The number of hydrogen-bond donors (Lipinski definition) is 2. The number of aliphatic imine (C=N–C) groups is 1. The van der Waals surface area contributed by atoms with Gasteiger partial charge in [-0.2, -0.15) is 0 Å². The molecule has 3 heterocycles. The number of amidine groups is 1. The van der Waals surface area contributed by atoms with Crippen molar-refractivity contribution >= 4 is 38.8 Å². The molecule has 0 spiro atoms. The highest BCUT2D eigenvalue weighted by Crippen LogP contribution is 2.22. The van der Waals surface area contributed by atoms with Gasteiger partial charge in [0.25, 0.3) is 15.9 Å². The molecule has 1 aliphatic rings. The number of hydrogen-bond acceptors (Lipinski definition) is 5. The molecule has 31 heavy (non-hydrogen) atoms. The lowest BCUT2D eigenvalue weighted by Gasteiger charge is -2.11. The fourth-order valence-corrected chi connectivity index (χ4v) is 5.44. The molecule has 0 aliphatic carbocycles. The van der Waals surface area contributed by atoms with Crippen molar-refractivity contribution in [3.05, 3.63) is 69.7 Å². The number of carbonyl (C=O) groups is 1. The Morgan fingerprint density at radius 2 is 2.03 bits per heavy atom. The third kappa shape index (κ3) is 4.72. The quantitative estimate of drug-likeness (QED) is 0.588. The minimum Gasteiger partial charge on any atom is -0.343 e. The van der Waals surface area contributed by atoms with Crippen LogP contribution in [0.2, 0.25) is 0 Å². The molecular weight excluding hydrogens is 432 g/mol. The Morgan fingerprint density at radius 3 is 2.74 bits per heavy atom. The van der Waals surface area contributed by atoms with Crippen LogP contribution in [0.3, 0.4) is 0 Å². The lowest BCUT2D eigenvalue weighted by Crippen LogP contribution is -2.29. The number of benzene rings is 1. The zero-order chi connectivity index (χ0) is 22.0. The molecule has 4 rings (SSSR count). The van der Waals surface area contributed by atoms with E-state index in [0.717, 1.165) is 17.8 Å². The van der Waals surface area contributed by atoms with E-state index in [1.807, 2.05) is 31.4 Å². The summed E-state index contributed by atoms with van der Waals surface area (Å²) in [6, 6.07) is 12.2. The van der Waals surface area contributed by atoms with E-state index >= 15 is 0 Å². The molecule has 0 saturated carbocycles. The van der Waals surface area contributed by atoms with E-state index < -0.39 is 10.0 Å². The zero-order valence-electron chi connectivity index (χ0n) is 17.4. The van der Waals surface area contributed by atoms with E-state index in [9.17, 15) is 13.2 Å². The first kappa shape index (κ1) is 21.3. The van der Waals surface area contributed by atoms with Crippen molar-refractivity contribution in [3.8, 4) is 0 Å². The summed E-state index contributed by atoms with van der Waals surface area (Å²) in [5, 5.41) is 4.87. The molecule has 7 nitrogen and oxygen atoms in total. The average molecular weight is 457 g/mol. The van der Waals surface area contributed by atoms with Crippen LogP contribution in [-0.2, 0) is 16.6 Å². The molecule has 1 amide bonds. The van der Waals surface area contributed by atoms with Crippen LogP contribution in [0.25, 0.3) is 0 Å². The number of rotatable bonds is 6. The maximum atomic E-state index is 12.9. The zero-order valence-corrected chi connectivity index (χ0v) is 19.0. The fraction of sp³-hybridized carbons (Fsp3) is 0.273. The summed E-state index contributed by atoms with van der Waals surface area (Å²) >= 11 is 1.68. The van der Waals surface area contributed by atoms with Gasteiger partial charge in [-0.1, -0.05) is 12.1 Å². The molecule has 0 unspecified atom stereocenters. The van der Waals surface area contributed by atoms with Crippen molar-refractivity contribution < 1.29 is 13.2 Å². The monoisotopic (exact) mass is 456 g/mol. The van der Waals surface area contributed by atoms with Gasteiger partial charge in [-0.05, 0) is 56.0 Å². The van der Waals surface area contributed by atoms with Crippen LogP contribution in [0.5, 0.6) is 0 Å². The molecule has 2 aromatic heterocycles. The lowest BCUT2D eigenvalue weighted by molar-refractivity contribution is 0.102. The minimum atomic E-state index is -3.74. The summed E-state index contributed by atoms with van der Waals surface area (Å²) in [5.74, 6) is 0.209. The van der Waals surface area contributed by atoms with E-state index in [1.165, 1.54) is 17.0 Å². The molecule has 162 valence electrons. The third-order valence-corrected chi connectivity index (χ3v) is 7.48. The Bertz CT molecular complexity index is 1240. The van der Waals surface area contributed by atoms with Gasteiger partial charge in [-0.25, -0.2) is 8.42 Å². The van der Waals surface area contributed by atoms with Crippen LogP contribution in [0.15, 0.2) is 57.7 Å². The SMILES string of the molecule is Cc1cc(C(=O)Nc2cccc(S(=O)(=O)NC3=NCCC3)c2)c(C)n1Cc1cccs1. The summed E-state index contributed by atoms with van der Waals surface area (Å²) < 4.78 is 29.9. The maximum absolute atomic E-state index is 12.9. The number of thiophene rings is 1. The van der Waals surface area contributed by atoms with E-state index in [2.05, 4.69) is 25.7 Å². The van der Waals surface area contributed by atoms with Gasteiger partial charge < -0.3 is 9.88 Å². The highest BCUT2D eigenvalue weighted by atomic mass is 32.2. The smallest absolute Gasteiger partial charge is 0.262 e. The Labute approximate surface area is 185 Å². The van der Waals surface area contributed by atoms with Crippen molar-refractivity contribution in [1.82, 2.24) is 9.29 Å². The first-order valence-corrected chi connectivity index (χ1v) is 12.4. The van der Waals surface area contributed by atoms with Gasteiger partial charge in [0.15, 0.2) is 0 Å². The predicted molar refractivity (Wildman–Crippen MR) is 124 cm³/mol. The Hall–Kier alpha value is -2.91. The third-order valence-electron chi connectivity index (χ3n) is 5.24. The Kier molecular flexibility index (Phi) is 5.97. The highest BCUT2D eigenvalue weighted by molar-refractivity contribution is 7.90. The average Bonchev–Trinajstić information content (AvgIpc) is 3.48. The number of nitrogens with one attached hydrogen (secondary N) is 2. The van der Waals surface area contributed by atoms with Crippen molar-refractivity contribution in [2.45, 2.75) is 38.1 Å². The molecule has 1 aromatic carbocycles. The fourth-order valence-electron chi connectivity index (χ4n) is 3.61. The van der Waals surface area contributed by atoms with Gasteiger partial charge >= 0.3 is 0 Å². The molecule has 0 saturated heterocycles. The minimum absolute atomic E-state index is 0.0862. The molecule has 3 aromatic rings. The number of sulfonamides is 1. The molecule has 1 aliphatic heterocycles. The number of nitrogens with zero attached hydrogens (tertiary/aromatic N) is 2. The standard InChI is InChI=1S/C22H24N4O3S2/c1-15-12-20(16(2)26(15)14-18-7-5-11-30-18)22(27)24-17-6-3-8-19(13-17)31(28,29)25-21-9-4-10-23-21/h3,5-8,11-13H,4,9-10,14H2,1-2H3,(H,23,25)(H,24,27). The van der Waals surface area contributed by atoms with Crippen molar-refractivity contribution in [2.75, 3.05) is 11.9 Å². The van der Waals surface area contributed by atoms with Gasteiger partial charge in [0.1, 0.15) is 5.84 Å². The molecule has 0 atom stereocenters. The summed E-state index contributed by atoms with van der Waals surface area (Å²) in [4.78, 5) is 18.4. The van der Waals surface area contributed by atoms with Crippen LogP contribution in [-0.4, -0.2) is 31.3 Å². The lowest BCUT2D eigenvalue weighted by atomic mass is 10.2. The number of aryl methyl sites for hydroxylation is 1. The van der Waals surface area contributed by atoms with E-state index in [1.54, 1.807) is 23.5 Å². The topological polar surface area (TPSA) is 92.6 Å². The number of anilines is 1. The highest BCUT2D eigenvalue weighted by Gasteiger charge is 2.20. The summed E-state index contributed by atoms with van der Waals surface area (Å²) in [7, 11) is -3.74. The van der Waals surface area contributed by atoms with E-state index in [-0.39, 0.29) is 10.8 Å². The number of aromatic nitrogens is 1. The molecule has 0 radical (unpaired) electrons. The molecule has 0 fully saturated rings. The van der Waals surface area contributed by atoms with Crippen molar-refractivity contribution in [3.63, 3.8) is 0 Å². The van der Waals surface area contributed by atoms with Crippen LogP contribution in [0.4, 0.5) is 5.69 Å². The van der Waals surface area contributed by atoms with Crippen LogP contribution in [0, 0.1) is 13.8 Å². The summed E-state index contributed by atoms with van der Waals surface area (Å²) in [6.45, 7) is 5.25. The Morgan fingerprint density at radius 1 is 1.19 bits per heavy atom. The maximum Gasteiger partial charge on any atom is 0.262 e. The normalized spacial score (nSPS) is 13.8. The number of amides is 1. The van der Waals surface area contributed by atoms with Gasteiger partial charge in [0.2, 0.25) is 0 Å². The molecular formula is C22H24N4O3S2. The van der Waals surface area contributed by atoms with Crippen LogP contribution in [0.1, 0.15) is 39.5 Å². The summed E-state index contributed by atoms with van der Waals surface area (Å²) in [6.07, 6.45) is 1.47. The number of carbonyl (C=O) groups excluding carboxylic acids is 1. The predicted octanol–water partition coefficient (Wildman–Crippen LogP) is 3.94. The van der Waals surface area contributed by atoms with Gasteiger partial charge in [-0.3, -0.25) is 14.5 Å². The van der Waals surface area contributed by atoms with Gasteiger partial charge in [0.05, 0.1) is 17.0 Å². The van der Waals surface area contributed by atoms with Crippen LogP contribution >= 0.6 is 11.3 Å². The molecule has 2 N–H and O–H groups in total.